The molecule has 1 saturated heterocycles. The van der Waals surface area contributed by atoms with Gasteiger partial charge in [-0.1, -0.05) is 33.6 Å². The van der Waals surface area contributed by atoms with Gasteiger partial charge in [-0.05, 0) is 25.9 Å². The topological polar surface area (TPSA) is 79.1 Å². The van der Waals surface area contributed by atoms with Crippen molar-refractivity contribution in [3.63, 3.8) is 0 Å². The van der Waals surface area contributed by atoms with E-state index >= 15 is 0 Å². The Bertz CT molecular complexity index is 727. The Morgan fingerprint density at radius 1 is 1.15 bits per heavy atom. The lowest BCUT2D eigenvalue weighted by atomic mass is 9.95. The number of hydrogen-bond acceptors (Lipinski definition) is 6. The zero-order valence-corrected chi connectivity index (χ0v) is 16.5. The van der Waals surface area contributed by atoms with Crippen LogP contribution in [0.1, 0.15) is 52.3 Å². The molecule has 3 heterocycles. The van der Waals surface area contributed by atoms with Crippen molar-refractivity contribution < 1.29 is 5.11 Å². The zero-order valence-electron chi connectivity index (χ0n) is 16.5. The summed E-state index contributed by atoms with van der Waals surface area (Å²) in [6, 6.07) is 0. The van der Waals surface area contributed by atoms with Crippen LogP contribution in [0, 0.1) is 0 Å². The highest BCUT2D eigenvalue weighted by Gasteiger charge is 2.22. The second-order valence-corrected chi connectivity index (χ2v) is 8.40. The van der Waals surface area contributed by atoms with Crippen molar-refractivity contribution in [2.75, 3.05) is 31.5 Å². The van der Waals surface area contributed by atoms with Crippen LogP contribution in [0.3, 0.4) is 0 Å². The van der Waals surface area contributed by atoms with Crippen LogP contribution in [0.15, 0.2) is 6.20 Å². The van der Waals surface area contributed by atoms with E-state index in [-0.39, 0.29) is 5.41 Å². The molecule has 2 aromatic heterocycles. The molecule has 7 nitrogen and oxygen atoms in total. The Hall–Kier alpha value is -1.73. The third-order valence-corrected chi connectivity index (χ3v) is 4.94. The minimum absolute atomic E-state index is 0.153. The van der Waals surface area contributed by atoms with E-state index < -0.39 is 6.10 Å². The second kappa shape index (κ2) is 7.88. The smallest absolute Gasteiger partial charge is 0.163 e. The molecule has 0 saturated carbocycles. The van der Waals surface area contributed by atoms with Crippen molar-refractivity contribution in [3.8, 4) is 0 Å². The molecule has 1 aliphatic heterocycles. The first-order chi connectivity index (χ1) is 12.3. The predicted molar refractivity (Wildman–Crippen MR) is 104 cm³/mol. The molecule has 26 heavy (non-hydrogen) atoms. The van der Waals surface area contributed by atoms with E-state index in [1.807, 2.05) is 7.05 Å². The van der Waals surface area contributed by atoms with Gasteiger partial charge < -0.3 is 15.3 Å². The van der Waals surface area contributed by atoms with Crippen LogP contribution < -0.4 is 5.32 Å². The molecule has 0 aliphatic carbocycles. The average molecular weight is 361 g/mol. The Labute approximate surface area is 155 Å². The molecule has 2 aromatic rings. The Morgan fingerprint density at radius 2 is 1.85 bits per heavy atom. The van der Waals surface area contributed by atoms with Crippen LogP contribution in [0.2, 0.25) is 0 Å². The van der Waals surface area contributed by atoms with Crippen LogP contribution in [-0.2, 0) is 12.5 Å². The third kappa shape index (κ3) is 4.51. The summed E-state index contributed by atoms with van der Waals surface area (Å²) >= 11 is 0. The highest BCUT2D eigenvalue weighted by atomic mass is 16.3. The number of anilines is 1. The lowest BCUT2D eigenvalue weighted by Gasteiger charge is -2.24. The van der Waals surface area contributed by atoms with Crippen LogP contribution in [0.4, 0.5) is 5.82 Å². The van der Waals surface area contributed by atoms with E-state index in [2.05, 4.69) is 41.1 Å². The minimum Gasteiger partial charge on any atom is -0.390 e. The highest BCUT2D eigenvalue weighted by molar-refractivity contribution is 5.86. The van der Waals surface area contributed by atoms with Crippen LogP contribution >= 0.6 is 0 Å². The third-order valence-electron chi connectivity index (χ3n) is 4.94. The molecule has 3 rings (SSSR count). The Balaban J connectivity index is 1.71. The van der Waals surface area contributed by atoms with Crippen molar-refractivity contribution in [3.05, 3.63) is 12.0 Å². The molecule has 1 atom stereocenters. The number of nitrogens with one attached hydrogen (secondary N) is 1. The number of aromatic nitrogens is 4. The molecular weight excluding hydrogens is 328 g/mol. The molecule has 0 aromatic carbocycles. The molecule has 1 aliphatic rings. The van der Waals surface area contributed by atoms with E-state index in [1.165, 1.54) is 25.7 Å². The summed E-state index contributed by atoms with van der Waals surface area (Å²) < 4.78 is 1.77. The first-order valence-electron chi connectivity index (χ1n) is 9.69. The van der Waals surface area contributed by atoms with Crippen molar-refractivity contribution in [2.24, 2.45) is 7.05 Å². The predicted octanol–water partition coefficient (Wildman–Crippen LogP) is 2.31. The van der Waals surface area contributed by atoms with Crippen LogP contribution in [0.25, 0.3) is 11.0 Å². The van der Waals surface area contributed by atoms with Gasteiger partial charge in [-0.3, -0.25) is 4.68 Å². The molecule has 7 heteroatoms. The summed E-state index contributed by atoms with van der Waals surface area (Å²) in [6.07, 6.45) is 6.44. The minimum atomic E-state index is -0.423. The van der Waals surface area contributed by atoms with Gasteiger partial charge in [-0.25, -0.2) is 9.97 Å². The fraction of sp³-hybridized carbons (Fsp3) is 0.737. The largest absolute Gasteiger partial charge is 0.390 e. The van der Waals surface area contributed by atoms with Gasteiger partial charge in [0.05, 0.1) is 17.7 Å². The van der Waals surface area contributed by atoms with Gasteiger partial charge >= 0.3 is 0 Å². The molecule has 0 radical (unpaired) electrons. The van der Waals surface area contributed by atoms with Crippen LogP contribution in [-0.4, -0.2) is 62.0 Å². The van der Waals surface area contributed by atoms with E-state index in [0.29, 0.717) is 13.1 Å². The van der Waals surface area contributed by atoms with Crippen LogP contribution in [0.5, 0.6) is 0 Å². The SMILES string of the molecule is Cn1ncc2c(NCC(O)CN3CCCCCC3)nc(C(C)(C)C)nc21. The molecule has 1 unspecified atom stereocenters. The van der Waals surface area contributed by atoms with Gasteiger partial charge in [0.2, 0.25) is 0 Å². The standard InChI is InChI=1S/C19H32N6O/c1-19(2,3)18-22-16(15-12-21-24(4)17(15)23-18)20-11-14(26)13-25-9-7-5-6-8-10-25/h12,14,26H,5-11,13H2,1-4H3,(H,20,22,23). The number of aliphatic hydroxyl groups is 1. The normalized spacial score (nSPS) is 18.0. The van der Waals surface area contributed by atoms with Gasteiger partial charge in [-0.2, -0.15) is 5.10 Å². The quantitative estimate of drug-likeness (QED) is 0.852. The number of aliphatic hydroxyl groups excluding tert-OH is 1. The summed E-state index contributed by atoms with van der Waals surface area (Å²) in [6.45, 7) is 9.66. The molecule has 144 valence electrons. The van der Waals surface area contributed by atoms with E-state index in [4.69, 9.17) is 4.98 Å². The number of aryl methyl sites for hydroxylation is 1. The molecule has 0 amide bonds. The number of nitrogens with zero attached hydrogens (tertiary/aromatic N) is 5. The summed E-state index contributed by atoms with van der Waals surface area (Å²) in [5.74, 6) is 1.53. The maximum absolute atomic E-state index is 10.5. The lowest BCUT2D eigenvalue weighted by molar-refractivity contribution is 0.124. The lowest BCUT2D eigenvalue weighted by Crippen LogP contribution is -2.36. The van der Waals surface area contributed by atoms with Gasteiger partial charge in [0.1, 0.15) is 11.6 Å². The highest BCUT2D eigenvalue weighted by Crippen LogP contribution is 2.25. The number of fused-ring (bicyclic) bond motifs is 1. The van der Waals surface area contributed by atoms with E-state index in [0.717, 1.165) is 35.8 Å². The Morgan fingerprint density at radius 3 is 2.50 bits per heavy atom. The maximum atomic E-state index is 10.5. The summed E-state index contributed by atoms with van der Waals surface area (Å²) in [4.78, 5) is 11.8. The van der Waals surface area contributed by atoms with E-state index in [1.54, 1.807) is 10.9 Å². The molecule has 2 N–H and O–H groups in total. The molecule has 0 spiro atoms. The van der Waals surface area contributed by atoms with Crippen molar-refractivity contribution >= 4 is 16.9 Å². The summed E-state index contributed by atoms with van der Waals surface area (Å²) in [5.41, 5.74) is 0.661. The maximum Gasteiger partial charge on any atom is 0.163 e. The average Bonchev–Trinajstić information content (AvgIpc) is 2.79. The molecular formula is C19H32N6O. The first kappa shape index (κ1) is 19.0. The van der Waals surface area contributed by atoms with Gasteiger partial charge in [0, 0.05) is 25.6 Å². The fourth-order valence-electron chi connectivity index (χ4n) is 3.39. The fourth-order valence-corrected chi connectivity index (χ4v) is 3.39. The number of hydrogen-bond donors (Lipinski definition) is 2. The zero-order chi connectivity index (χ0) is 18.7. The molecule has 1 fully saturated rings. The number of likely N-dealkylation sites (tertiary alicyclic amines) is 1. The molecule has 0 bridgehead atoms. The monoisotopic (exact) mass is 360 g/mol. The van der Waals surface area contributed by atoms with Crippen molar-refractivity contribution in [1.82, 2.24) is 24.6 Å². The van der Waals surface area contributed by atoms with Gasteiger partial charge in [0.15, 0.2) is 5.65 Å². The van der Waals surface area contributed by atoms with E-state index in [9.17, 15) is 5.11 Å². The van der Waals surface area contributed by atoms with Gasteiger partial charge in [-0.15, -0.1) is 0 Å². The summed E-state index contributed by atoms with van der Waals surface area (Å²) in [7, 11) is 1.89. The Kier molecular flexibility index (Phi) is 5.77. The van der Waals surface area contributed by atoms with Crippen molar-refractivity contribution in [2.45, 2.75) is 58.0 Å². The number of rotatable bonds is 5. The van der Waals surface area contributed by atoms with Crippen molar-refractivity contribution in [1.29, 1.82) is 0 Å². The van der Waals surface area contributed by atoms with Gasteiger partial charge in [0.25, 0.3) is 0 Å². The summed E-state index contributed by atoms with van der Waals surface area (Å²) in [5, 5.41) is 19.0. The first-order valence-corrected chi connectivity index (χ1v) is 9.69. The number of β-amino-alcohol motifs (C(OH)–C–C–N with tert-alkyl or cyclic N) is 1. The second-order valence-electron chi connectivity index (χ2n) is 8.40.